The predicted molar refractivity (Wildman–Crippen MR) is 70.4 cm³/mol. The minimum atomic E-state index is -0.916. The number of benzene rings is 1. The molecule has 1 aliphatic carbocycles. The van der Waals surface area contributed by atoms with Crippen LogP contribution < -0.4 is 15.2 Å². The Morgan fingerprint density at radius 1 is 1.47 bits per heavy atom. The lowest BCUT2D eigenvalue weighted by Gasteiger charge is -2.14. The van der Waals surface area contributed by atoms with E-state index in [1.807, 2.05) is 0 Å². The molecule has 0 spiro atoms. The fourth-order valence-corrected chi connectivity index (χ4v) is 1.83. The van der Waals surface area contributed by atoms with E-state index in [4.69, 9.17) is 20.3 Å². The van der Waals surface area contributed by atoms with Gasteiger partial charge in [-0.25, -0.2) is 0 Å². The summed E-state index contributed by atoms with van der Waals surface area (Å²) in [6, 6.07) is 4.79. The second-order valence-electron chi connectivity index (χ2n) is 4.87. The van der Waals surface area contributed by atoms with Gasteiger partial charge in [0, 0.05) is 6.04 Å². The van der Waals surface area contributed by atoms with Crippen LogP contribution in [0.1, 0.15) is 30.9 Å². The molecule has 1 atom stereocenters. The van der Waals surface area contributed by atoms with Crippen molar-refractivity contribution in [1.29, 1.82) is 0 Å². The van der Waals surface area contributed by atoms with E-state index >= 15 is 0 Å². The highest BCUT2D eigenvalue weighted by Gasteiger charge is 2.22. The van der Waals surface area contributed by atoms with Crippen LogP contribution in [0.3, 0.4) is 0 Å². The summed E-state index contributed by atoms with van der Waals surface area (Å²) in [5.74, 6) is 1.03. The molecule has 0 bridgehead atoms. The van der Waals surface area contributed by atoms with Gasteiger partial charge < -0.3 is 20.3 Å². The monoisotopic (exact) mass is 265 g/mol. The summed E-state index contributed by atoms with van der Waals surface area (Å²) < 4.78 is 11.0. The number of carboxylic acids is 1. The number of carbonyl (C=O) groups is 1. The summed E-state index contributed by atoms with van der Waals surface area (Å²) in [5.41, 5.74) is 6.56. The molecule has 5 nitrogen and oxygen atoms in total. The largest absolute Gasteiger partial charge is 0.493 e. The van der Waals surface area contributed by atoms with Crippen LogP contribution in [0.2, 0.25) is 0 Å². The number of nitrogens with two attached hydrogens (primary N) is 1. The first-order valence-corrected chi connectivity index (χ1v) is 6.38. The second kappa shape index (κ2) is 5.93. The topological polar surface area (TPSA) is 81.8 Å². The summed E-state index contributed by atoms with van der Waals surface area (Å²) in [5, 5.41) is 8.74. The van der Waals surface area contributed by atoms with Crippen molar-refractivity contribution in [3.8, 4) is 11.5 Å². The molecule has 0 aromatic heterocycles. The molecule has 3 N–H and O–H groups in total. The molecular weight excluding hydrogens is 246 g/mol. The third-order valence-corrected chi connectivity index (χ3v) is 3.18. The molecule has 5 heteroatoms. The maximum absolute atomic E-state index is 10.7. The van der Waals surface area contributed by atoms with Crippen LogP contribution in [0.25, 0.3) is 0 Å². The average Bonchev–Trinajstić information content (AvgIpc) is 3.19. The first-order valence-electron chi connectivity index (χ1n) is 6.38. The fourth-order valence-electron chi connectivity index (χ4n) is 1.83. The van der Waals surface area contributed by atoms with E-state index in [0.717, 1.165) is 5.56 Å². The lowest BCUT2D eigenvalue weighted by Crippen LogP contribution is -2.15. The smallest absolute Gasteiger partial charge is 0.305 e. The van der Waals surface area contributed by atoms with Crippen LogP contribution in [0.15, 0.2) is 18.2 Å². The normalized spacial score (nSPS) is 15.9. The third kappa shape index (κ3) is 3.86. The number of hydrogen-bond acceptors (Lipinski definition) is 4. The Morgan fingerprint density at radius 3 is 2.79 bits per heavy atom. The van der Waals surface area contributed by atoms with E-state index in [-0.39, 0.29) is 6.42 Å². The zero-order chi connectivity index (χ0) is 13.8. The maximum atomic E-state index is 10.7. The number of ether oxygens (including phenoxy) is 2. The zero-order valence-corrected chi connectivity index (χ0v) is 11.0. The Balaban J connectivity index is 2.07. The van der Waals surface area contributed by atoms with Crippen molar-refractivity contribution in [1.82, 2.24) is 0 Å². The minimum Gasteiger partial charge on any atom is -0.493 e. The Bertz CT molecular complexity index is 457. The van der Waals surface area contributed by atoms with Crippen LogP contribution in [-0.2, 0) is 4.79 Å². The molecule has 0 radical (unpaired) electrons. The SMILES string of the molecule is COc1cc(C(N)CC(=O)O)ccc1OCC1CC1. The number of aliphatic carboxylic acids is 1. The summed E-state index contributed by atoms with van der Waals surface area (Å²) in [4.78, 5) is 10.7. The van der Waals surface area contributed by atoms with Gasteiger partial charge >= 0.3 is 5.97 Å². The number of hydrogen-bond donors (Lipinski definition) is 2. The maximum Gasteiger partial charge on any atom is 0.305 e. The molecule has 0 amide bonds. The molecule has 1 fully saturated rings. The summed E-state index contributed by atoms with van der Waals surface area (Å²) in [7, 11) is 1.56. The molecule has 0 saturated heterocycles. The minimum absolute atomic E-state index is 0.106. The van der Waals surface area contributed by atoms with Crippen LogP contribution in [-0.4, -0.2) is 24.8 Å². The molecule has 1 aromatic rings. The molecule has 0 heterocycles. The highest BCUT2D eigenvalue weighted by Crippen LogP contribution is 2.34. The van der Waals surface area contributed by atoms with Crippen LogP contribution >= 0.6 is 0 Å². The summed E-state index contributed by atoms with van der Waals surface area (Å²) >= 11 is 0. The first kappa shape index (κ1) is 13.7. The molecule has 1 saturated carbocycles. The number of rotatable bonds is 7. The van der Waals surface area contributed by atoms with Crippen molar-refractivity contribution >= 4 is 5.97 Å². The quantitative estimate of drug-likeness (QED) is 0.787. The zero-order valence-electron chi connectivity index (χ0n) is 11.0. The summed E-state index contributed by atoms with van der Waals surface area (Å²) in [6.45, 7) is 0.705. The lowest BCUT2D eigenvalue weighted by molar-refractivity contribution is -0.137. The third-order valence-electron chi connectivity index (χ3n) is 3.18. The molecule has 1 aromatic carbocycles. The van der Waals surface area contributed by atoms with Crippen molar-refractivity contribution in [2.45, 2.75) is 25.3 Å². The lowest BCUT2D eigenvalue weighted by atomic mass is 10.0. The van der Waals surface area contributed by atoms with E-state index in [9.17, 15) is 4.79 Å². The van der Waals surface area contributed by atoms with E-state index in [1.54, 1.807) is 25.3 Å². The van der Waals surface area contributed by atoms with Crippen molar-refractivity contribution in [3.63, 3.8) is 0 Å². The molecule has 19 heavy (non-hydrogen) atoms. The molecule has 0 aliphatic heterocycles. The Labute approximate surface area is 112 Å². The van der Waals surface area contributed by atoms with Crippen LogP contribution in [0, 0.1) is 5.92 Å². The van der Waals surface area contributed by atoms with Crippen molar-refractivity contribution in [2.75, 3.05) is 13.7 Å². The van der Waals surface area contributed by atoms with Crippen LogP contribution in [0.4, 0.5) is 0 Å². The molecule has 1 aliphatic rings. The van der Waals surface area contributed by atoms with Crippen LogP contribution in [0.5, 0.6) is 11.5 Å². The Hall–Kier alpha value is -1.75. The van der Waals surface area contributed by atoms with Gasteiger partial charge in [0.1, 0.15) is 0 Å². The standard InChI is InChI=1S/C14H19NO4/c1-18-13-6-10(11(15)7-14(16)17)4-5-12(13)19-8-9-2-3-9/h4-6,9,11H,2-3,7-8,15H2,1H3,(H,16,17). The highest BCUT2D eigenvalue weighted by molar-refractivity contribution is 5.68. The molecule has 2 rings (SSSR count). The fraction of sp³-hybridized carbons (Fsp3) is 0.500. The van der Waals surface area contributed by atoms with Gasteiger partial charge in [-0.05, 0) is 36.5 Å². The van der Waals surface area contributed by atoms with E-state index < -0.39 is 12.0 Å². The van der Waals surface area contributed by atoms with Gasteiger partial charge in [0.15, 0.2) is 11.5 Å². The van der Waals surface area contributed by atoms with E-state index in [2.05, 4.69) is 0 Å². The summed E-state index contributed by atoms with van der Waals surface area (Å²) in [6.07, 6.45) is 2.35. The molecular formula is C14H19NO4. The van der Waals surface area contributed by atoms with E-state index in [1.165, 1.54) is 12.8 Å². The van der Waals surface area contributed by atoms with Gasteiger partial charge in [-0.2, -0.15) is 0 Å². The van der Waals surface area contributed by atoms with E-state index in [0.29, 0.717) is 24.0 Å². The van der Waals surface area contributed by atoms with Crippen molar-refractivity contribution in [2.24, 2.45) is 11.7 Å². The van der Waals surface area contributed by atoms with Gasteiger partial charge in [-0.3, -0.25) is 4.79 Å². The Morgan fingerprint density at radius 2 is 2.21 bits per heavy atom. The highest BCUT2D eigenvalue weighted by atomic mass is 16.5. The van der Waals surface area contributed by atoms with Crippen molar-refractivity contribution < 1.29 is 19.4 Å². The Kier molecular flexibility index (Phi) is 4.27. The average molecular weight is 265 g/mol. The number of carboxylic acid groups (broad SMARTS) is 1. The second-order valence-corrected chi connectivity index (χ2v) is 4.87. The molecule has 104 valence electrons. The van der Waals surface area contributed by atoms with Gasteiger partial charge in [-0.15, -0.1) is 0 Å². The first-order chi connectivity index (χ1) is 9.10. The predicted octanol–water partition coefficient (Wildman–Crippen LogP) is 1.96. The van der Waals surface area contributed by atoms with Gasteiger partial charge in [0.25, 0.3) is 0 Å². The number of methoxy groups -OCH3 is 1. The van der Waals surface area contributed by atoms with Gasteiger partial charge in [0.05, 0.1) is 20.1 Å². The molecule has 1 unspecified atom stereocenters. The van der Waals surface area contributed by atoms with Crippen molar-refractivity contribution in [3.05, 3.63) is 23.8 Å². The van der Waals surface area contributed by atoms with Gasteiger partial charge in [-0.1, -0.05) is 6.07 Å². The van der Waals surface area contributed by atoms with Gasteiger partial charge in [0.2, 0.25) is 0 Å².